The van der Waals surface area contributed by atoms with Crippen LogP contribution >= 0.6 is 22.9 Å². The number of rotatable bonds is 5. The number of carbonyl (C=O) groups is 1. The summed E-state index contributed by atoms with van der Waals surface area (Å²) in [5, 5.41) is 8.81. The molecule has 4 rings (SSSR count). The van der Waals surface area contributed by atoms with Crippen molar-refractivity contribution in [2.45, 2.75) is 52.6 Å². The molecule has 0 N–H and O–H groups in total. The number of hydrogen-bond donors (Lipinski definition) is 0. The number of nitrogens with zero attached hydrogens (tertiary/aromatic N) is 3. The molecule has 2 aromatic heterocycles. The minimum Gasteiger partial charge on any atom is -0.419 e. The summed E-state index contributed by atoms with van der Waals surface area (Å²) in [4.78, 5) is 17.2. The van der Waals surface area contributed by atoms with E-state index in [1.54, 1.807) is 22.3 Å². The lowest BCUT2D eigenvalue weighted by Gasteiger charge is -2.24. The fourth-order valence-electron chi connectivity index (χ4n) is 3.65. The van der Waals surface area contributed by atoms with E-state index >= 15 is 0 Å². The Hall–Kier alpha value is -2.18. The number of thiophene rings is 1. The second-order valence-corrected chi connectivity index (χ2v) is 9.46. The average molecular weight is 430 g/mol. The molecule has 152 valence electrons. The number of halogens is 1. The average Bonchev–Trinajstić information content (AvgIpc) is 3.32. The Morgan fingerprint density at radius 1 is 1.34 bits per heavy atom. The van der Waals surface area contributed by atoms with Crippen LogP contribution in [0.5, 0.6) is 0 Å². The van der Waals surface area contributed by atoms with Crippen molar-refractivity contribution in [1.82, 2.24) is 15.1 Å². The number of aromatic nitrogens is 2. The minimum atomic E-state index is 0.0104. The van der Waals surface area contributed by atoms with Gasteiger partial charge in [-0.25, -0.2) is 0 Å². The molecule has 3 aromatic rings. The number of aryl methyl sites for hydroxylation is 1. The van der Waals surface area contributed by atoms with Gasteiger partial charge in [0, 0.05) is 10.9 Å². The van der Waals surface area contributed by atoms with Gasteiger partial charge in [0.1, 0.15) is 0 Å². The van der Waals surface area contributed by atoms with Crippen molar-refractivity contribution in [2.75, 3.05) is 0 Å². The third-order valence-electron chi connectivity index (χ3n) is 5.30. The van der Waals surface area contributed by atoms with E-state index in [-0.39, 0.29) is 18.5 Å². The number of amides is 1. The third-order valence-corrected chi connectivity index (χ3v) is 6.86. The number of hydrogen-bond acceptors (Lipinski definition) is 5. The molecule has 5 nitrogen and oxygen atoms in total. The summed E-state index contributed by atoms with van der Waals surface area (Å²) >= 11 is 7.85. The maximum Gasteiger partial charge on any atom is 0.264 e. The van der Waals surface area contributed by atoms with Gasteiger partial charge >= 0.3 is 0 Å². The van der Waals surface area contributed by atoms with Gasteiger partial charge < -0.3 is 9.32 Å². The molecule has 1 amide bonds. The van der Waals surface area contributed by atoms with Gasteiger partial charge in [-0.1, -0.05) is 30.7 Å². The van der Waals surface area contributed by atoms with E-state index in [0.717, 1.165) is 17.7 Å². The van der Waals surface area contributed by atoms with Crippen LogP contribution < -0.4 is 0 Å². The zero-order valence-electron chi connectivity index (χ0n) is 16.8. The summed E-state index contributed by atoms with van der Waals surface area (Å²) in [6.07, 6.45) is 3.33. The lowest BCUT2D eigenvalue weighted by atomic mass is 9.90. The molecule has 0 bridgehead atoms. The normalized spacial score (nSPS) is 16.1. The van der Waals surface area contributed by atoms with Crippen molar-refractivity contribution >= 4 is 28.8 Å². The predicted molar refractivity (Wildman–Crippen MR) is 115 cm³/mol. The Kier molecular flexibility index (Phi) is 5.74. The van der Waals surface area contributed by atoms with Gasteiger partial charge in [0.15, 0.2) is 0 Å². The molecule has 0 saturated carbocycles. The van der Waals surface area contributed by atoms with Crippen LogP contribution in [-0.4, -0.2) is 27.0 Å². The van der Waals surface area contributed by atoms with Crippen molar-refractivity contribution in [1.29, 1.82) is 0 Å². The fraction of sp³-hybridized carbons (Fsp3) is 0.409. The topological polar surface area (TPSA) is 59.2 Å². The Balaban J connectivity index is 1.55. The van der Waals surface area contributed by atoms with Crippen LogP contribution in [0.4, 0.5) is 0 Å². The first-order valence-corrected chi connectivity index (χ1v) is 11.1. The highest BCUT2D eigenvalue weighted by molar-refractivity contribution is 7.14. The maximum atomic E-state index is 13.2. The second-order valence-electron chi connectivity index (χ2n) is 7.91. The van der Waals surface area contributed by atoms with Gasteiger partial charge in [-0.05, 0) is 62.8 Å². The van der Waals surface area contributed by atoms with Crippen molar-refractivity contribution < 1.29 is 9.21 Å². The van der Waals surface area contributed by atoms with E-state index < -0.39 is 0 Å². The first-order valence-electron chi connectivity index (χ1n) is 9.92. The summed E-state index contributed by atoms with van der Waals surface area (Å²) in [7, 11) is 0. The molecule has 7 heteroatoms. The van der Waals surface area contributed by atoms with E-state index in [1.807, 2.05) is 32.0 Å². The number of carbonyl (C=O) groups excluding carboxylic acids is 1. The van der Waals surface area contributed by atoms with Gasteiger partial charge in [0.05, 0.1) is 22.0 Å². The van der Waals surface area contributed by atoms with Crippen LogP contribution in [0.15, 0.2) is 34.7 Å². The Morgan fingerprint density at radius 3 is 2.90 bits per heavy atom. The van der Waals surface area contributed by atoms with E-state index in [4.69, 9.17) is 16.0 Å². The summed E-state index contributed by atoms with van der Waals surface area (Å²) in [5.41, 5.74) is 2.02. The lowest BCUT2D eigenvalue weighted by molar-refractivity contribution is 0.0677. The minimum absolute atomic E-state index is 0.0104. The second kappa shape index (κ2) is 8.28. The predicted octanol–water partition coefficient (Wildman–Crippen LogP) is 5.63. The first-order chi connectivity index (χ1) is 13.9. The molecule has 0 radical (unpaired) electrons. The van der Waals surface area contributed by atoms with Crippen LogP contribution in [0.3, 0.4) is 0 Å². The smallest absolute Gasteiger partial charge is 0.264 e. The van der Waals surface area contributed by atoms with Crippen molar-refractivity contribution in [3.63, 3.8) is 0 Å². The van der Waals surface area contributed by atoms with Crippen LogP contribution in [0, 0.1) is 5.92 Å². The molecule has 1 aliphatic carbocycles. The van der Waals surface area contributed by atoms with Crippen LogP contribution in [0.2, 0.25) is 5.02 Å². The monoisotopic (exact) mass is 429 g/mol. The largest absolute Gasteiger partial charge is 0.419 e. The molecule has 0 aliphatic heterocycles. The fourth-order valence-corrected chi connectivity index (χ4v) is 5.03. The van der Waals surface area contributed by atoms with Gasteiger partial charge in [-0.15, -0.1) is 21.5 Å². The van der Waals surface area contributed by atoms with E-state index in [9.17, 15) is 4.79 Å². The van der Waals surface area contributed by atoms with Gasteiger partial charge in [0.2, 0.25) is 11.8 Å². The molecule has 1 unspecified atom stereocenters. The van der Waals surface area contributed by atoms with E-state index in [2.05, 4.69) is 23.2 Å². The van der Waals surface area contributed by atoms with Crippen molar-refractivity contribution in [3.8, 4) is 11.5 Å². The molecular formula is C22H24ClN3O2S. The summed E-state index contributed by atoms with van der Waals surface area (Å²) in [5.74, 6) is 1.46. The van der Waals surface area contributed by atoms with Gasteiger partial charge in [0.25, 0.3) is 5.91 Å². The lowest BCUT2D eigenvalue weighted by Crippen LogP contribution is -2.36. The molecule has 1 atom stereocenters. The van der Waals surface area contributed by atoms with Crippen molar-refractivity contribution in [2.24, 2.45) is 5.92 Å². The molecule has 29 heavy (non-hydrogen) atoms. The third kappa shape index (κ3) is 4.23. The van der Waals surface area contributed by atoms with Crippen molar-refractivity contribution in [3.05, 3.63) is 56.6 Å². The summed E-state index contributed by atoms with van der Waals surface area (Å²) in [6, 6.07) is 9.43. The van der Waals surface area contributed by atoms with E-state index in [0.29, 0.717) is 28.3 Å². The first kappa shape index (κ1) is 20.1. The molecule has 0 saturated heterocycles. The highest BCUT2D eigenvalue weighted by Crippen LogP contribution is 2.33. The zero-order chi connectivity index (χ0) is 20.5. The molecule has 1 aliphatic rings. The van der Waals surface area contributed by atoms with Crippen LogP contribution in [0.1, 0.15) is 53.2 Å². The van der Waals surface area contributed by atoms with E-state index in [1.165, 1.54) is 16.9 Å². The summed E-state index contributed by atoms with van der Waals surface area (Å²) < 4.78 is 5.82. The highest BCUT2D eigenvalue weighted by Gasteiger charge is 2.26. The van der Waals surface area contributed by atoms with Gasteiger partial charge in [-0.3, -0.25) is 4.79 Å². The van der Waals surface area contributed by atoms with Crippen LogP contribution in [0.25, 0.3) is 11.5 Å². The number of benzene rings is 1. The molecule has 0 spiro atoms. The Bertz CT molecular complexity index is 1030. The van der Waals surface area contributed by atoms with Crippen LogP contribution in [-0.2, 0) is 19.4 Å². The Morgan fingerprint density at radius 2 is 2.14 bits per heavy atom. The standard InChI is InChI=1S/C22H24ClN3O2S/c1-13(2)26(22(27)19-11-15-10-14(3)8-9-18(15)29-19)12-20-24-25-21(28-20)16-6-4-5-7-17(16)23/h4-7,11,13-14H,8-10,12H2,1-3H3. The molecule has 2 heterocycles. The SMILES string of the molecule is CC1CCc2sc(C(=O)N(Cc3nnc(-c4ccccc4Cl)o3)C(C)C)cc2C1. The quantitative estimate of drug-likeness (QED) is 0.527. The molecule has 1 aromatic carbocycles. The molecule has 0 fully saturated rings. The van der Waals surface area contributed by atoms with Gasteiger partial charge in [-0.2, -0.15) is 0 Å². The highest BCUT2D eigenvalue weighted by atomic mass is 35.5. The Labute approximate surface area is 179 Å². The zero-order valence-corrected chi connectivity index (χ0v) is 18.4. The molecular weight excluding hydrogens is 406 g/mol. The maximum absolute atomic E-state index is 13.2. The number of fused-ring (bicyclic) bond motifs is 1. The summed E-state index contributed by atoms with van der Waals surface area (Å²) in [6.45, 7) is 6.54.